The average Bonchev–Trinajstić information content (AvgIpc) is 3.34. The van der Waals surface area contributed by atoms with Crippen LogP contribution in [0.3, 0.4) is 0 Å². The van der Waals surface area contributed by atoms with Gasteiger partial charge in [-0.15, -0.1) is 0 Å². The first-order valence-corrected chi connectivity index (χ1v) is 17.2. The van der Waals surface area contributed by atoms with E-state index in [1.807, 2.05) is 0 Å². The van der Waals surface area contributed by atoms with Crippen LogP contribution < -0.4 is 45.6 Å². The van der Waals surface area contributed by atoms with Crippen molar-refractivity contribution in [2.75, 3.05) is 24.7 Å². The molecule has 1 atom stereocenters. The molecule has 1 aliphatic heterocycles. The third-order valence-corrected chi connectivity index (χ3v) is 15.1. The second-order valence-corrected chi connectivity index (χ2v) is 17.9. The molecule has 41 heavy (non-hydrogen) atoms. The number of aromatic nitrogens is 2. The van der Waals surface area contributed by atoms with Gasteiger partial charge in [-0.1, -0.05) is 0 Å². The SMILES string of the molecule is COc1c(F)cccc1Nc1c(-c2ccncc2OI)[nH]c2c1C(=O)NCC2[I-]N(I)S(=O)(=O)c1ccccc1N. The first-order chi connectivity index (χ1) is 19.7. The molecule has 2 aromatic heterocycles. The van der Waals surface area contributed by atoms with Crippen molar-refractivity contribution in [3.05, 3.63) is 78.0 Å². The van der Waals surface area contributed by atoms with Crippen molar-refractivity contribution >= 4 is 78.9 Å². The summed E-state index contributed by atoms with van der Waals surface area (Å²) in [6, 6.07) is 12.4. The third-order valence-electron chi connectivity index (χ3n) is 6.15. The van der Waals surface area contributed by atoms with Gasteiger partial charge in [-0.25, -0.2) is 0 Å². The third kappa shape index (κ3) is 5.79. The fourth-order valence-electron chi connectivity index (χ4n) is 4.31. The van der Waals surface area contributed by atoms with Gasteiger partial charge in [-0.3, -0.25) is 0 Å². The number of sulfonamides is 1. The van der Waals surface area contributed by atoms with E-state index in [9.17, 15) is 17.6 Å². The average molecular weight is 917 g/mol. The summed E-state index contributed by atoms with van der Waals surface area (Å²) in [5, 5.41) is 6.07. The molecule has 5 N–H and O–H groups in total. The molecule has 3 heterocycles. The van der Waals surface area contributed by atoms with Crippen LogP contribution in [0.1, 0.15) is 20.0 Å². The van der Waals surface area contributed by atoms with Crippen molar-refractivity contribution < 1.29 is 46.9 Å². The number of para-hydroxylation sites is 2. The minimum absolute atomic E-state index is 0.0162. The predicted octanol–water partition coefficient (Wildman–Crippen LogP) is 2.11. The molecule has 1 unspecified atom stereocenters. The monoisotopic (exact) mass is 917 g/mol. The standard InChI is InChI=1S/C25H21FI3N6O5S/c1-39-24-14(26)5-4-7-17(24)33-23-20-22(34-21(23)13-9-10-31-12-18(13)40-28)15(11-32-25(20)36)29-35(27)41(37,38)19-8-3-2-6-16(19)30/h2-10,12,15,33-34H,11,30H2,1H3,(H,32,36)/q-1. The van der Waals surface area contributed by atoms with Gasteiger partial charge in [0.1, 0.15) is 0 Å². The number of carbonyl (C=O) groups excluding carboxylic acids is 1. The van der Waals surface area contributed by atoms with E-state index in [0.717, 1.165) is 0 Å². The quantitative estimate of drug-likeness (QED) is 0.0864. The minimum atomic E-state index is -3.90. The predicted molar refractivity (Wildman–Crippen MR) is 164 cm³/mol. The van der Waals surface area contributed by atoms with Crippen molar-refractivity contribution in [3.8, 4) is 22.8 Å². The fraction of sp³-hybridized carbons (Fsp3) is 0.120. The number of amides is 1. The van der Waals surface area contributed by atoms with Crippen LogP contribution in [0.2, 0.25) is 0 Å². The van der Waals surface area contributed by atoms with E-state index in [1.54, 1.807) is 76.3 Å². The Morgan fingerprint density at radius 1 is 1.22 bits per heavy atom. The van der Waals surface area contributed by atoms with Gasteiger partial charge in [-0.2, -0.15) is 0 Å². The zero-order valence-electron chi connectivity index (χ0n) is 21.0. The molecule has 0 saturated carbocycles. The van der Waals surface area contributed by atoms with E-state index in [1.165, 1.54) is 38.3 Å². The molecule has 0 spiro atoms. The number of pyridine rings is 1. The molecule has 2 aromatic carbocycles. The number of methoxy groups -OCH3 is 1. The van der Waals surface area contributed by atoms with Gasteiger partial charge in [0.15, 0.2) is 0 Å². The van der Waals surface area contributed by atoms with E-state index in [2.05, 4.69) is 20.6 Å². The maximum atomic E-state index is 14.6. The van der Waals surface area contributed by atoms with Crippen LogP contribution in [0, 0.1) is 5.82 Å². The normalized spacial score (nSPS) is 15.0. The number of nitrogens with zero attached hydrogens (tertiary/aromatic N) is 2. The van der Waals surface area contributed by atoms with E-state index < -0.39 is 37.3 Å². The maximum absolute atomic E-state index is 14.6. The van der Waals surface area contributed by atoms with Crippen molar-refractivity contribution in [2.24, 2.45) is 0 Å². The van der Waals surface area contributed by atoms with Gasteiger partial charge < -0.3 is 0 Å². The number of benzene rings is 2. The van der Waals surface area contributed by atoms with Gasteiger partial charge in [0, 0.05) is 0 Å². The molecular formula is C25H21FI3N6O5S-. The van der Waals surface area contributed by atoms with Crippen molar-refractivity contribution in [1.29, 1.82) is 0 Å². The van der Waals surface area contributed by atoms with Crippen molar-refractivity contribution in [1.82, 2.24) is 16.0 Å². The number of hydrogen-bond donors (Lipinski definition) is 4. The summed E-state index contributed by atoms with van der Waals surface area (Å²) in [5.74, 6) is -0.562. The number of anilines is 3. The summed E-state index contributed by atoms with van der Waals surface area (Å²) >= 11 is 2.25. The first kappa shape index (κ1) is 30.0. The molecule has 216 valence electrons. The Kier molecular flexibility index (Phi) is 9.11. The van der Waals surface area contributed by atoms with Gasteiger partial charge in [0.2, 0.25) is 0 Å². The van der Waals surface area contributed by atoms with Crippen LogP contribution in [0.25, 0.3) is 11.3 Å². The van der Waals surface area contributed by atoms with E-state index in [-0.39, 0.29) is 38.3 Å². The molecule has 0 aliphatic carbocycles. The first-order valence-electron chi connectivity index (χ1n) is 11.7. The molecule has 1 amide bonds. The number of alkyl halides is 1. The Morgan fingerprint density at radius 2 is 2.00 bits per heavy atom. The van der Waals surface area contributed by atoms with Crippen LogP contribution >= 0.6 is 45.9 Å². The van der Waals surface area contributed by atoms with Crippen LogP contribution in [-0.4, -0.2) is 38.7 Å². The Bertz CT molecular complexity index is 1740. The summed E-state index contributed by atoms with van der Waals surface area (Å²) in [6.07, 6.45) is 3.11. The second kappa shape index (κ2) is 12.4. The van der Waals surface area contributed by atoms with Crippen LogP contribution in [0.4, 0.5) is 21.5 Å². The van der Waals surface area contributed by atoms with Crippen LogP contribution in [-0.2, 0) is 10.0 Å². The summed E-state index contributed by atoms with van der Waals surface area (Å²) < 4.78 is 53.1. The molecule has 4 aromatic rings. The number of halogens is 4. The summed E-state index contributed by atoms with van der Waals surface area (Å²) in [7, 11) is -2.55. The van der Waals surface area contributed by atoms with Crippen molar-refractivity contribution in [2.45, 2.75) is 8.82 Å². The van der Waals surface area contributed by atoms with E-state index >= 15 is 0 Å². The molecule has 0 radical (unpaired) electrons. The second-order valence-electron chi connectivity index (χ2n) is 8.55. The molecule has 5 rings (SSSR count). The Labute approximate surface area is 273 Å². The number of hydrogen-bond acceptors (Lipinski definition) is 8. The number of nitrogens with one attached hydrogen (secondary N) is 3. The Balaban J connectivity index is 1.63. The van der Waals surface area contributed by atoms with Gasteiger partial charge in [0.25, 0.3) is 0 Å². The van der Waals surface area contributed by atoms with Crippen molar-refractivity contribution in [3.63, 3.8) is 0 Å². The Hall–Kier alpha value is -2.43. The molecule has 11 nitrogen and oxygen atoms in total. The number of nitrogens with two attached hydrogens (primary N) is 1. The number of carbonyl (C=O) groups is 1. The zero-order valence-corrected chi connectivity index (χ0v) is 28.3. The summed E-state index contributed by atoms with van der Waals surface area (Å²) in [4.78, 5) is 20.8. The molecule has 0 fully saturated rings. The number of rotatable bonds is 9. The number of aromatic amines is 1. The van der Waals surface area contributed by atoms with Crippen LogP contribution in [0.15, 0.2) is 65.8 Å². The Morgan fingerprint density at radius 3 is 2.73 bits per heavy atom. The summed E-state index contributed by atoms with van der Waals surface area (Å²) in [5.41, 5.74) is 8.66. The number of ether oxygens (including phenoxy) is 1. The van der Waals surface area contributed by atoms with Gasteiger partial charge >= 0.3 is 276 Å². The number of nitrogen functional groups attached to an aromatic ring is 1. The topological polar surface area (TPSA) is 152 Å². The zero-order chi connectivity index (χ0) is 29.3. The number of H-pyrrole nitrogens is 1. The van der Waals surface area contributed by atoms with E-state index in [0.29, 0.717) is 34.1 Å². The molecule has 0 saturated heterocycles. The molecular weight excluding hydrogens is 896 g/mol. The number of fused-ring (bicyclic) bond motifs is 1. The molecule has 1 aliphatic rings. The fourth-order valence-corrected chi connectivity index (χ4v) is 11.7. The van der Waals surface area contributed by atoms with E-state index in [4.69, 9.17) is 13.5 Å². The van der Waals surface area contributed by atoms with Gasteiger partial charge in [-0.05, 0) is 0 Å². The summed E-state index contributed by atoms with van der Waals surface area (Å²) in [6.45, 7) is 0.215. The molecule has 0 bridgehead atoms. The van der Waals surface area contributed by atoms with Gasteiger partial charge in [0.05, 0.1) is 0 Å². The molecule has 16 heteroatoms. The van der Waals surface area contributed by atoms with Crippen LogP contribution in [0.5, 0.6) is 11.5 Å².